The Morgan fingerprint density at radius 2 is 2.11 bits per heavy atom. The molecule has 3 heterocycles. The molecule has 1 saturated carbocycles. The fraction of sp³-hybridized carbons (Fsp3) is 0.667. The molecule has 0 radical (unpaired) electrons. The van der Waals surface area contributed by atoms with Crippen LogP contribution in [-0.2, 0) is 11.2 Å². The zero-order chi connectivity index (χ0) is 18.8. The lowest BCUT2D eigenvalue weighted by Gasteiger charge is -2.20. The van der Waals surface area contributed by atoms with Crippen LogP contribution in [0.3, 0.4) is 0 Å². The molecule has 1 amide bonds. The van der Waals surface area contributed by atoms with E-state index >= 15 is 0 Å². The van der Waals surface area contributed by atoms with Crippen molar-refractivity contribution >= 4 is 16.9 Å². The number of amides is 1. The van der Waals surface area contributed by atoms with E-state index in [-0.39, 0.29) is 12.5 Å². The number of aliphatic hydroxyl groups is 1. The fourth-order valence-corrected chi connectivity index (χ4v) is 5.25. The SMILES string of the molecule is CCC(CCC1CC2CN(C(=O)CO)CC2C1)Cc1ncnc2[nH]ccc12. The lowest BCUT2D eigenvalue weighted by atomic mass is 9.89. The molecular weight excluding hydrogens is 340 g/mol. The third-order valence-corrected chi connectivity index (χ3v) is 6.82. The monoisotopic (exact) mass is 370 g/mol. The molecule has 2 aromatic heterocycles. The number of carbonyl (C=O) groups excluding carboxylic acids is 1. The molecule has 0 spiro atoms. The fourth-order valence-electron chi connectivity index (χ4n) is 5.25. The van der Waals surface area contributed by atoms with Gasteiger partial charge in [-0.3, -0.25) is 4.79 Å². The highest BCUT2D eigenvalue weighted by Crippen LogP contribution is 2.43. The Bertz CT molecular complexity index is 775. The minimum atomic E-state index is -0.349. The number of fused-ring (bicyclic) bond motifs is 2. The lowest BCUT2D eigenvalue weighted by Crippen LogP contribution is -2.32. The average molecular weight is 370 g/mol. The number of likely N-dealkylation sites (tertiary alicyclic amines) is 1. The highest BCUT2D eigenvalue weighted by atomic mass is 16.3. The van der Waals surface area contributed by atoms with Gasteiger partial charge in [-0.05, 0) is 55.4 Å². The van der Waals surface area contributed by atoms with Crippen molar-refractivity contribution < 1.29 is 9.90 Å². The molecule has 27 heavy (non-hydrogen) atoms. The number of carbonyl (C=O) groups is 1. The highest BCUT2D eigenvalue weighted by molar-refractivity contribution is 5.78. The first-order valence-corrected chi connectivity index (χ1v) is 10.3. The van der Waals surface area contributed by atoms with E-state index in [9.17, 15) is 4.79 Å². The number of nitrogens with zero attached hydrogens (tertiary/aromatic N) is 3. The van der Waals surface area contributed by atoms with Gasteiger partial charge < -0.3 is 15.0 Å². The van der Waals surface area contributed by atoms with E-state index in [4.69, 9.17) is 5.11 Å². The molecule has 1 aliphatic carbocycles. The maximum atomic E-state index is 11.7. The van der Waals surface area contributed by atoms with Crippen LogP contribution in [0.2, 0.25) is 0 Å². The predicted octanol–water partition coefficient (Wildman–Crippen LogP) is 2.78. The second-order valence-corrected chi connectivity index (χ2v) is 8.43. The van der Waals surface area contributed by atoms with Crippen LogP contribution in [0.4, 0.5) is 0 Å². The number of hydrogen-bond acceptors (Lipinski definition) is 4. The van der Waals surface area contributed by atoms with Crippen molar-refractivity contribution in [2.45, 2.75) is 45.4 Å². The minimum Gasteiger partial charge on any atom is -0.387 e. The minimum absolute atomic E-state index is 0.104. The Hall–Kier alpha value is -1.95. The standard InChI is InChI=1S/C21H30N4O2/c1-2-14(9-19-18-5-6-22-21(18)24-13-23-19)3-4-15-7-16-10-25(20(27)12-26)11-17(16)8-15/h5-6,13-17,26H,2-4,7-12H2,1H3,(H,22,23,24). The average Bonchev–Trinajstić information content (AvgIpc) is 3.38. The summed E-state index contributed by atoms with van der Waals surface area (Å²) < 4.78 is 0. The van der Waals surface area contributed by atoms with Gasteiger partial charge in [0.05, 0.1) is 5.69 Å². The maximum Gasteiger partial charge on any atom is 0.248 e. The largest absolute Gasteiger partial charge is 0.387 e. The molecule has 146 valence electrons. The van der Waals surface area contributed by atoms with Gasteiger partial charge in [0.25, 0.3) is 0 Å². The summed E-state index contributed by atoms with van der Waals surface area (Å²) >= 11 is 0. The van der Waals surface area contributed by atoms with Crippen LogP contribution in [-0.4, -0.2) is 50.6 Å². The Labute approximate surface area is 160 Å². The van der Waals surface area contributed by atoms with Gasteiger partial charge in [0, 0.05) is 24.7 Å². The second kappa shape index (κ2) is 7.97. The van der Waals surface area contributed by atoms with Gasteiger partial charge in [0.15, 0.2) is 0 Å². The van der Waals surface area contributed by atoms with Crippen LogP contribution in [0.25, 0.3) is 11.0 Å². The van der Waals surface area contributed by atoms with Crippen molar-refractivity contribution in [3.63, 3.8) is 0 Å². The van der Waals surface area contributed by atoms with Crippen molar-refractivity contribution in [3.8, 4) is 0 Å². The molecule has 4 rings (SSSR count). The van der Waals surface area contributed by atoms with Crippen LogP contribution >= 0.6 is 0 Å². The molecule has 6 nitrogen and oxygen atoms in total. The van der Waals surface area contributed by atoms with Crippen LogP contribution in [0.5, 0.6) is 0 Å². The van der Waals surface area contributed by atoms with Crippen molar-refractivity contribution in [1.29, 1.82) is 0 Å². The summed E-state index contributed by atoms with van der Waals surface area (Å²) in [6.07, 6.45) is 10.8. The third kappa shape index (κ3) is 3.86. The van der Waals surface area contributed by atoms with Crippen molar-refractivity contribution in [2.75, 3.05) is 19.7 Å². The third-order valence-electron chi connectivity index (χ3n) is 6.82. The van der Waals surface area contributed by atoms with Gasteiger partial charge in [-0.1, -0.05) is 19.8 Å². The zero-order valence-electron chi connectivity index (χ0n) is 16.1. The van der Waals surface area contributed by atoms with Crippen molar-refractivity contribution in [3.05, 3.63) is 24.3 Å². The van der Waals surface area contributed by atoms with E-state index in [1.165, 1.54) is 32.1 Å². The predicted molar refractivity (Wildman–Crippen MR) is 104 cm³/mol. The Balaban J connectivity index is 1.29. The smallest absolute Gasteiger partial charge is 0.248 e. The number of hydrogen-bond donors (Lipinski definition) is 2. The first kappa shape index (κ1) is 18.4. The highest BCUT2D eigenvalue weighted by Gasteiger charge is 2.41. The molecular formula is C21H30N4O2. The van der Waals surface area contributed by atoms with E-state index < -0.39 is 0 Å². The van der Waals surface area contributed by atoms with Gasteiger partial charge in [0.2, 0.25) is 5.91 Å². The van der Waals surface area contributed by atoms with Crippen LogP contribution < -0.4 is 0 Å². The Kier molecular flexibility index (Phi) is 5.43. The Morgan fingerprint density at radius 3 is 2.81 bits per heavy atom. The topological polar surface area (TPSA) is 82.1 Å². The summed E-state index contributed by atoms with van der Waals surface area (Å²) in [5, 5.41) is 10.2. The maximum absolute atomic E-state index is 11.7. The van der Waals surface area contributed by atoms with E-state index in [1.54, 1.807) is 6.33 Å². The summed E-state index contributed by atoms with van der Waals surface area (Å²) in [4.78, 5) is 25.5. The van der Waals surface area contributed by atoms with Crippen LogP contribution in [0.1, 0.15) is 44.7 Å². The van der Waals surface area contributed by atoms with Gasteiger partial charge in [0.1, 0.15) is 18.6 Å². The molecule has 3 unspecified atom stereocenters. The van der Waals surface area contributed by atoms with E-state index in [0.29, 0.717) is 17.8 Å². The lowest BCUT2D eigenvalue weighted by molar-refractivity contribution is -0.133. The summed E-state index contributed by atoms with van der Waals surface area (Å²) in [5.74, 6) is 2.63. The number of aromatic nitrogens is 3. The zero-order valence-corrected chi connectivity index (χ0v) is 16.1. The number of nitrogens with one attached hydrogen (secondary N) is 1. The number of H-pyrrole nitrogens is 1. The molecule has 2 aromatic rings. The second-order valence-electron chi connectivity index (χ2n) is 8.43. The van der Waals surface area contributed by atoms with Crippen LogP contribution in [0.15, 0.2) is 18.6 Å². The summed E-state index contributed by atoms with van der Waals surface area (Å²) in [6, 6.07) is 2.08. The normalized spacial score (nSPS) is 25.9. The molecule has 3 atom stereocenters. The molecule has 6 heteroatoms. The molecule has 1 saturated heterocycles. The summed E-state index contributed by atoms with van der Waals surface area (Å²) in [7, 11) is 0. The van der Waals surface area contributed by atoms with Crippen molar-refractivity contribution in [2.24, 2.45) is 23.7 Å². The molecule has 0 bridgehead atoms. The van der Waals surface area contributed by atoms with Crippen LogP contribution in [0, 0.1) is 23.7 Å². The number of rotatable bonds is 7. The van der Waals surface area contributed by atoms with E-state index in [0.717, 1.165) is 42.2 Å². The van der Waals surface area contributed by atoms with Gasteiger partial charge >= 0.3 is 0 Å². The summed E-state index contributed by atoms with van der Waals surface area (Å²) in [5.41, 5.74) is 2.09. The number of aliphatic hydroxyl groups excluding tert-OH is 1. The van der Waals surface area contributed by atoms with Gasteiger partial charge in [-0.15, -0.1) is 0 Å². The first-order valence-electron chi connectivity index (χ1n) is 10.3. The van der Waals surface area contributed by atoms with Gasteiger partial charge in [-0.2, -0.15) is 0 Å². The quantitative estimate of drug-likeness (QED) is 0.785. The number of aromatic amines is 1. The molecule has 2 N–H and O–H groups in total. The summed E-state index contributed by atoms with van der Waals surface area (Å²) in [6.45, 7) is 3.63. The van der Waals surface area contributed by atoms with Crippen molar-refractivity contribution in [1.82, 2.24) is 19.9 Å². The molecule has 2 fully saturated rings. The Morgan fingerprint density at radius 1 is 1.33 bits per heavy atom. The van der Waals surface area contributed by atoms with E-state index in [2.05, 4.69) is 27.9 Å². The van der Waals surface area contributed by atoms with E-state index in [1.807, 2.05) is 11.1 Å². The molecule has 2 aliphatic rings. The van der Waals surface area contributed by atoms with Gasteiger partial charge in [-0.25, -0.2) is 9.97 Å². The molecule has 1 aliphatic heterocycles. The first-order chi connectivity index (χ1) is 13.2. The molecule has 0 aromatic carbocycles.